The molecule has 0 aromatic carbocycles. The molecule has 1 aliphatic rings. The van der Waals surface area contributed by atoms with Crippen molar-refractivity contribution in [3.05, 3.63) is 17.5 Å². The van der Waals surface area contributed by atoms with E-state index in [0.29, 0.717) is 18.7 Å². The average Bonchev–Trinajstić information content (AvgIpc) is 2.88. The third-order valence-electron chi connectivity index (χ3n) is 4.96. The number of likely N-dealkylation sites (tertiary alicyclic amines) is 1. The van der Waals surface area contributed by atoms with Gasteiger partial charge in [-0.2, -0.15) is 5.10 Å². The van der Waals surface area contributed by atoms with Gasteiger partial charge in [-0.1, -0.05) is 0 Å². The van der Waals surface area contributed by atoms with Gasteiger partial charge < -0.3 is 10.0 Å². The average molecular weight is 321 g/mol. The monoisotopic (exact) mass is 321 g/mol. The molecule has 1 fully saturated rings. The van der Waals surface area contributed by atoms with Crippen LogP contribution in [-0.2, 0) is 4.79 Å². The first-order chi connectivity index (χ1) is 10.6. The van der Waals surface area contributed by atoms with Crippen molar-refractivity contribution in [2.45, 2.75) is 53.5 Å². The van der Waals surface area contributed by atoms with Crippen LogP contribution in [0.3, 0.4) is 0 Å². The number of amides is 1. The summed E-state index contributed by atoms with van der Waals surface area (Å²) in [5.74, 6) is -0.876. The SMILES string of the molecule is Cc1nn(C(C)C)cc1C(=O)N1CCCC(C(C)(C)C(=O)O)C1. The molecule has 2 rings (SSSR count). The van der Waals surface area contributed by atoms with Gasteiger partial charge in [-0.05, 0) is 53.4 Å². The molecule has 2 heterocycles. The van der Waals surface area contributed by atoms with Crippen molar-refractivity contribution in [3.63, 3.8) is 0 Å². The second-order valence-electron chi connectivity index (χ2n) is 7.32. The van der Waals surface area contributed by atoms with Crippen molar-refractivity contribution in [3.8, 4) is 0 Å². The molecule has 0 bridgehead atoms. The predicted octanol–water partition coefficient (Wildman–Crippen LogP) is 2.74. The standard InChI is InChI=1S/C17H27N3O3/c1-11(2)20-10-14(12(3)18-20)15(21)19-8-6-7-13(9-19)17(4,5)16(22)23/h10-11,13H,6-9H2,1-5H3,(H,22,23). The van der Waals surface area contributed by atoms with Crippen LogP contribution in [-0.4, -0.2) is 44.8 Å². The maximum atomic E-state index is 12.8. The van der Waals surface area contributed by atoms with Crippen molar-refractivity contribution in [2.24, 2.45) is 11.3 Å². The maximum absolute atomic E-state index is 12.8. The Labute approximate surface area is 137 Å². The molecular formula is C17H27N3O3. The van der Waals surface area contributed by atoms with Crippen LogP contribution in [0.1, 0.15) is 62.6 Å². The topological polar surface area (TPSA) is 75.4 Å². The van der Waals surface area contributed by atoms with Gasteiger partial charge in [-0.25, -0.2) is 0 Å². The Hall–Kier alpha value is -1.85. The van der Waals surface area contributed by atoms with Crippen LogP contribution in [0, 0.1) is 18.3 Å². The van der Waals surface area contributed by atoms with E-state index in [0.717, 1.165) is 18.5 Å². The Morgan fingerprint density at radius 1 is 1.39 bits per heavy atom. The number of hydrogen-bond acceptors (Lipinski definition) is 3. The van der Waals surface area contributed by atoms with E-state index < -0.39 is 11.4 Å². The lowest BCUT2D eigenvalue weighted by atomic mass is 9.74. The Balaban J connectivity index is 2.18. The number of piperidine rings is 1. The lowest BCUT2D eigenvalue weighted by molar-refractivity contribution is -0.151. The first-order valence-corrected chi connectivity index (χ1v) is 8.23. The lowest BCUT2D eigenvalue weighted by Gasteiger charge is -2.39. The van der Waals surface area contributed by atoms with Crippen LogP contribution < -0.4 is 0 Å². The molecule has 0 spiro atoms. The zero-order valence-corrected chi connectivity index (χ0v) is 14.7. The molecule has 0 aliphatic carbocycles. The van der Waals surface area contributed by atoms with Gasteiger partial charge in [0.25, 0.3) is 5.91 Å². The first kappa shape index (κ1) is 17.5. The number of carbonyl (C=O) groups is 2. The molecule has 6 nitrogen and oxygen atoms in total. The van der Waals surface area contributed by atoms with Crippen LogP contribution in [0.25, 0.3) is 0 Å². The summed E-state index contributed by atoms with van der Waals surface area (Å²) in [7, 11) is 0. The van der Waals surface area contributed by atoms with Crippen LogP contribution in [0.5, 0.6) is 0 Å². The number of hydrogen-bond donors (Lipinski definition) is 1. The Kier molecular flexibility index (Phi) is 4.82. The second-order valence-corrected chi connectivity index (χ2v) is 7.32. The molecule has 1 aromatic rings. The highest BCUT2D eigenvalue weighted by atomic mass is 16.4. The minimum atomic E-state index is -0.823. The van der Waals surface area contributed by atoms with Gasteiger partial charge in [0.15, 0.2) is 0 Å². The van der Waals surface area contributed by atoms with Crippen LogP contribution in [0.4, 0.5) is 0 Å². The molecule has 6 heteroatoms. The molecule has 1 atom stereocenters. The smallest absolute Gasteiger partial charge is 0.309 e. The van der Waals surface area contributed by atoms with E-state index in [2.05, 4.69) is 5.10 Å². The fourth-order valence-corrected chi connectivity index (χ4v) is 3.05. The van der Waals surface area contributed by atoms with E-state index in [1.165, 1.54) is 0 Å². The van der Waals surface area contributed by atoms with Crippen LogP contribution >= 0.6 is 0 Å². The summed E-state index contributed by atoms with van der Waals surface area (Å²) in [6, 6.07) is 0.204. The fraction of sp³-hybridized carbons (Fsp3) is 0.706. The Morgan fingerprint density at radius 3 is 2.57 bits per heavy atom. The van der Waals surface area contributed by atoms with Gasteiger partial charge in [0.2, 0.25) is 0 Å². The van der Waals surface area contributed by atoms with Crippen molar-refractivity contribution in [1.82, 2.24) is 14.7 Å². The van der Waals surface area contributed by atoms with Gasteiger partial charge in [0, 0.05) is 25.3 Å². The summed E-state index contributed by atoms with van der Waals surface area (Å²) in [6.07, 6.45) is 3.48. The van der Waals surface area contributed by atoms with Gasteiger partial charge in [-0.3, -0.25) is 14.3 Å². The molecule has 1 aliphatic heterocycles. The number of rotatable bonds is 4. The summed E-state index contributed by atoms with van der Waals surface area (Å²) in [6.45, 7) is 10.5. The van der Waals surface area contributed by atoms with Gasteiger partial charge in [0.05, 0.1) is 16.7 Å². The molecule has 1 N–H and O–H groups in total. The van der Waals surface area contributed by atoms with E-state index in [9.17, 15) is 14.7 Å². The zero-order valence-electron chi connectivity index (χ0n) is 14.7. The molecule has 0 radical (unpaired) electrons. The number of nitrogens with zero attached hydrogens (tertiary/aromatic N) is 3. The van der Waals surface area contributed by atoms with Crippen molar-refractivity contribution in [1.29, 1.82) is 0 Å². The van der Waals surface area contributed by atoms with Crippen LogP contribution in [0.15, 0.2) is 6.20 Å². The number of aromatic nitrogens is 2. The summed E-state index contributed by atoms with van der Waals surface area (Å²) < 4.78 is 1.80. The largest absolute Gasteiger partial charge is 0.481 e. The van der Waals surface area contributed by atoms with Gasteiger partial charge in [-0.15, -0.1) is 0 Å². The molecular weight excluding hydrogens is 294 g/mol. The second kappa shape index (κ2) is 6.34. The highest BCUT2D eigenvalue weighted by molar-refractivity contribution is 5.95. The van der Waals surface area contributed by atoms with E-state index in [1.54, 1.807) is 29.6 Å². The number of carboxylic acid groups (broad SMARTS) is 1. The Bertz CT molecular complexity index is 604. The summed E-state index contributed by atoms with van der Waals surface area (Å²) >= 11 is 0. The summed E-state index contributed by atoms with van der Waals surface area (Å²) in [5.41, 5.74) is 0.520. The Morgan fingerprint density at radius 2 is 2.04 bits per heavy atom. The number of carbonyl (C=O) groups excluding carboxylic acids is 1. The zero-order chi connectivity index (χ0) is 17.4. The van der Waals surface area contributed by atoms with Crippen molar-refractivity contribution in [2.75, 3.05) is 13.1 Å². The van der Waals surface area contributed by atoms with Gasteiger partial charge >= 0.3 is 5.97 Å². The quantitative estimate of drug-likeness (QED) is 0.925. The molecule has 1 aromatic heterocycles. The first-order valence-electron chi connectivity index (χ1n) is 8.23. The van der Waals surface area contributed by atoms with E-state index >= 15 is 0 Å². The van der Waals surface area contributed by atoms with Crippen LogP contribution in [0.2, 0.25) is 0 Å². The van der Waals surface area contributed by atoms with E-state index in [4.69, 9.17) is 0 Å². The molecule has 23 heavy (non-hydrogen) atoms. The van der Waals surface area contributed by atoms with E-state index in [1.807, 2.05) is 20.8 Å². The molecule has 1 unspecified atom stereocenters. The number of aliphatic carboxylic acids is 1. The van der Waals surface area contributed by atoms with E-state index in [-0.39, 0.29) is 17.9 Å². The number of aryl methyl sites for hydroxylation is 1. The third-order valence-corrected chi connectivity index (χ3v) is 4.96. The lowest BCUT2D eigenvalue weighted by Crippen LogP contribution is -2.46. The minimum absolute atomic E-state index is 0.0295. The highest BCUT2D eigenvalue weighted by Crippen LogP contribution is 2.34. The van der Waals surface area contributed by atoms with Crippen molar-refractivity contribution >= 4 is 11.9 Å². The minimum Gasteiger partial charge on any atom is -0.481 e. The fourth-order valence-electron chi connectivity index (χ4n) is 3.05. The highest BCUT2D eigenvalue weighted by Gasteiger charge is 2.40. The summed E-state index contributed by atoms with van der Waals surface area (Å²) in [4.78, 5) is 26.1. The predicted molar refractivity (Wildman–Crippen MR) is 87.4 cm³/mol. The maximum Gasteiger partial charge on any atom is 0.309 e. The normalized spacial score (nSPS) is 19.2. The van der Waals surface area contributed by atoms with Gasteiger partial charge in [0.1, 0.15) is 0 Å². The number of carboxylic acids is 1. The summed E-state index contributed by atoms with van der Waals surface area (Å²) in [5, 5.41) is 13.8. The molecule has 1 amide bonds. The molecule has 128 valence electrons. The molecule has 0 saturated carbocycles. The van der Waals surface area contributed by atoms with Crippen molar-refractivity contribution < 1.29 is 14.7 Å². The molecule has 1 saturated heterocycles. The third kappa shape index (κ3) is 3.41.